The van der Waals surface area contributed by atoms with Crippen LogP contribution in [0.5, 0.6) is 0 Å². The number of pyridine rings is 2. The van der Waals surface area contributed by atoms with Crippen molar-refractivity contribution in [2.75, 3.05) is 43.4 Å². The number of rotatable bonds is 5. The molecule has 3 aromatic heterocycles. The summed E-state index contributed by atoms with van der Waals surface area (Å²) in [7, 11) is 3.73. The number of amides is 1. The Morgan fingerprint density at radius 3 is 2.65 bits per heavy atom. The number of likely N-dealkylation sites (N-methyl/N-ethyl adjacent to an activating group) is 1. The van der Waals surface area contributed by atoms with Gasteiger partial charge >= 0.3 is 0 Å². The van der Waals surface area contributed by atoms with Crippen LogP contribution in [0.1, 0.15) is 42.7 Å². The van der Waals surface area contributed by atoms with Crippen LogP contribution < -0.4 is 15.8 Å². The number of allylic oxidation sites excluding steroid dienone is 2. The molecule has 1 N–H and O–H groups in total. The van der Waals surface area contributed by atoms with E-state index in [2.05, 4.69) is 52.7 Å². The summed E-state index contributed by atoms with van der Waals surface area (Å²) >= 11 is 0. The van der Waals surface area contributed by atoms with E-state index in [1.807, 2.05) is 16.8 Å². The van der Waals surface area contributed by atoms with Crippen LogP contribution in [0.2, 0.25) is 0 Å². The molecule has 6 heterocycles. The van der Waals surface area contributed by atoms with Crippen molar-refractivity contribution >= 4 is 29.4 Å². The normalized spacial score (nSPS) is 20.0. The van der Waals surface area contributed by atoms with E-state index in [1.165, 1.54) is 4.57 Å². The number of aromatic nitrogens is 4. The minimum Gasteiger partial charge on any atom is -0.365 e. The first-order valence-electron chi connectivity index (χ1n) is 14.7. The van der Waals surface area contributed by atoms with E-state index in [0.29, 0.717) is 52.7 Å². The van der Waals surface area contributed by atoms with Crippen molar-refractivity contribution in [2.45, 2.75) is 39.8 Å². The summed E-state index contributed by atoms with van der Waals surface area (Å²) < 4.78 is 3.42. The number of aldehydes is 1. The lowest BCUT2D eigenvalue weighted by Gasteiger charge is -2.41. The van der Waals surface area contributed by atoms with Gasteiger partial charge in [0.1, 0.15) is 11.4 Å². The Balaban J connectivity index is 1.34. The molecule has 1 saturated heterocycles. The molecule has 0 spiro atoms. The van der Waals surface area contributed by atoms with E-state index < -0.39 is 0 Å². The molecule has 43 heavy (non-hydrogen) atoms. The van der Waals surface area contributed by atoms with Crippen LogP contribution in [0.25, 0.3) is 11.1 Å². The molecule has 0 unspecified atom stereocenters. The zero-order valence-corrected chi connectivity index (χ0v) is 25.3. The third kappa shape index (κ3) is 5.52. The van der Waals surface area contributed by atoms with E-state index in [1.54, 1.807) is 36.6 Å². The Morgan fingerprint density at radius 2 is 1.86 bits per heavy atom. The lowest BCUT2D eigenvalue weighted by atomic mass is 9.81. The van der Waals surface area contributed by atoms with Gasteiger partial charge in [-0.1, -0.05) is 26.0 Å². The molecule has 0 aromatic carbocycles. The predicted octanol–water partition coefficient (Wildman–Crippen LogP) is 3.55. The monoisotopic (exact) mass is 582 g/mol. The van der Waals surface area contributed by atoms with Crippen LogP contribution in [0, 0.1) is 5.41 Å². The van der Waals surface area contributed by atoms with Crippen LogP contribution in [0.3, 0.4) is 0 Å². The van der Waals surface area contributed by atoms with Crippen LogP contribution in [-0.4, -0.2) is 74.6 Å². The maximum Gasteiger partial charge on any atom is 0.274 e. The van der Waals surface area contributed by atoms with Gasteiger partial charge in [0, 0.05) is 74.9 Å². The van der Waals surface area contributed by atoms with E-state index in [9.17, 15) is 14.4 Å². The van der Waals surface area contributed by atoms with Crippen molar-refractivity contribution in [1.29, 1.82) is 0 Å². The Kier molecular flexibility index (Phi) is 7.29. The fourth-order valence-electron chi connectivity index (χ4n) is 6.29. The topological polar surface area (TPSA) is 109 Å². The maximum absolute atomic E-state index is 13.9. The van der Waals surface area contributed by atoms with Gasteiger partial charge in [-0.05, 0) is 37.4 Å². The molecule has 0 aliphatic carbocycles. The average molecular weight is 583 g/mol. The second kappa shape index (κ2) is 11.0. The third-order valence-corrected chi connectivity index (χ3v) is 8.62. The predicted molar refractivity (Wildman–Crippen MR) is 166 cm³/mol. The van der Waals surface area contributed by atoms with E-state index in [-0.39, 0.29) is 16.9 Å². The lowest BCUT2D eigenvalue weighted by Crippen LogP contribution is -2.50. The van der Waals surface area contributed by atoms with Crippen LogP contribution in [-0.2, 0) is 24.9 Å². The van der Waals surface area contributed by atoms with Gasteiger partial charge in [0.25, 0.3) is 11.5 Å². The van der Waals surface area contributed by atoms with Gasteiger partial charge in [0.05, 0.1) is 24.1 Å². The summed E-state index contributed by atoms with van der Waals surface area (Å²) in [5, 5.41) is 7.82. The largest absolute Gasteiger partial charge is 0.365 e. The Labute approximate surface area is 251 Å². The first-order chi connectivity index (χ1) is 20.5. The smallest absolute Gasteiger partial charge is 0.274 e. The highest BCUT2D eigenvalue weighted by Gasteiger charge is 2.34. The lowest BCUT2D eigenvalue weighted by molar-refractivity contribution is -0.117. The summed E-state index contributed by atoms with van der Waals surface area (Å²) in [5.74, 6) is 0.411. The molecule has 3 aromatic rings. The van der Waals surface area contributed by atoms with Gasteiger partial charge in [-0.15, -0.1) is 0 Å². The molecule has 1 amide bonds. The molecule has 0 atom stereocenters. The highest BCUT2D eigenvalue weighted by atomic mass is 16.2. The highest BCUT2D eigenvalue weighted by Crippen LogP contribution is 2.36. The standard InChI is InChI=1S/C32H38N8O3/c1-21-12-27-31(43)39(10-9-38(27)7-6-32(2,3)15-21)28-17-33-16-24(25(28)20-41)22-13-26(30(42)37(5)18-22)34-29-14-23-19-36(4)8-11-40(23)35-29/h12-14,16-18,20H,1,6-11,15,19H2,2-5H3,(H,34,35)/b27-12-. The van der Waals surface area contributed by atoms with Gasteiger partial charge < -0.3 is 19.7 Å². The number of nitrogens with zero attached hydrogens (tertiary/aromatic N) is 7. The summed E-state index contributed by atoms with van der Waals surface area (Å²) in [6.07, 6.45) is 9.27. The Bertz CT molecular complexity index is 1720. The molecule has 3 aliphatic rings. The molecule has 0 radical (unpaired) electrons. The van der Waals surface area contributed by atoms with Gasteiger partial charge in [0.2, 0.25) is 0 Å². The van der Waals surface area contributed by atoms with Crippen molar-refractivity contribution in [3.63, 3.8) is 0 Å². The van der Waals surface area contributed by atoms with E-state index >= 15 is 0 Å². The quantitative estimate of drug-likeness (QED) is 0.455. The number of nitrogens with one attached hydrogen (secondary N) is 1. The first kappa shape index (κ1) is 28.6. The molecule has 11 nitrogen and oxygen atoms in total. The average Bonchev–Trinajstić information content (AvgIpc) is 3.35. The summed E-state index contributed by atoms with van der Waals surface area (Å²) in [6, 6.07) is 3.66. The first-order valence-corrected chi connectivity index (χ1v) is 14.7. The summed E-state index contributed by atoms with van der Waals surface area (Å²) in [6.45, 7) is 13.0. The Hall–Kier alpha value is -4.51. The number of hydrogen-bond acceptors (Lipinski definition) is 8. The van der Waals surface area contributed by atoms with E-state index in [4.69, 9.17) is 0 Å². The second-order valence-corrected chi connectivity index (χ2v) is 12.6. The Morgan fingerprint density at radius 1 is 1.05 bits per heavy atom. The van der Waals surface area contributed by atoms with Crippen LogP contribution >= 0.6 is 0 Å². The maximum atomic E-state index is 13.9. The number of fused-ring (bicyclic) bond motifs is 2. The SMILES string of the molecule is C=C1/C=C2/C(=O)N(c3cncc(-c4cc(Nc5cc6n(n5)CCN(C)C6)c(=O)n(C)c4)c3C=O)CCN2CCC(C)(C)C1. The summed E-state index contributed by atoms with van der Waals surface area (Å²) in [4.78, 5) is 50.0. The molecule has 0 saturated carbocycles. The zero-order chi connectivity index (χ0) is 30.5. The van der Waals surface area contributed by atoms with Gasteiger partial charge in [-0.3, -0.25) is 28.9 Å². The molecule has 11 heteroatoms. The number of hydrogen-bond donors (Lipinski definition) is 1. The van der Waals surface area contributed by atoms with Crippen LogP contribution in [0.15, 0.2) is 59.4 Å². The van der Waals surface area contributed by atoms with Gasteiger partial charge in [0.15, 0.2) is 12.1 Å². The fourth-order valence-corrected chi connectivity index (χ4v) is 6.29. The molecule has 0 bridgehead atoms. The molecule has 6 rings (SSSR count). The van der Waals surface area contributed by atoms with E-state index in [0.717, 1.165) is 56.6 Å². The molecular weight excluding hydrogens is 544 g/mol. The van der Waals surface area contributed by atoms with Crippen molar-refractivity contribution < 1.29 is 9.59 Å². The zero-order valence-electron chi connectivity index (χ0n) is 25.3. The second-order valence-electron chi connectivity index (χ2n) is 12.6. The molecule has 224 valence electrons. The van der Waals surface area contributed by atoms with Crippen LogP contribution in [0.4, 0.5) is 17.2 Å². The number of carbonyl (C=O) groups excluding carboxylic acids is 2. The molecule has 3 aliphatic heterocycles. The number of aryl methyl sites for hydroxylation is 1. The van der Waals surface area contributed by atoms with Crippen molar-refractivity contribution in [3.8, 4) is 11.1 Å². The van der Waals surface area contributed by atoms with Crippen molar-refractivity contribution in [3.05, 3.63) is 76.3 Å². The summed E-state index contributed by atoms with van der Waals surface area (Å²) in [5.41, 5.74) is 4.73. The number of piperazine rings is 1. The highest BCUT2D eigenvalue weighted by molar-refractivity contribution is 6.09. The van der Waals surface area contributed by atoms with Gasteiger partial charge in [-0.2, -0.15) is 5.10 Å². The molecule has 1 fully saturated rings. The fraction of sp³-hybridized carbons (Fsp3) is 0.406. The number of anilines is 3. The molecular formula is C32H38N8O3. The number of carbonyl (C=O) groups is 2. The van der Waals surface area contributed by atoms with Gasteiger partial charge in [-0.25, -0.2) is 0 Å². The van der Waals surface area contributed by atoms with Crippen molar-refractivity contribution in [2.24, 2.45) is 12.5 Å². The minimum atomic E-state index is -0.227. The van der Waals surface area contributed by atoms with Crippen molar-refractivity contribution in [1.82, 2.24) is 29.1 Å². The minimum absolute atomic E-state index is 0.111. The third-order valence-electron chi connectivity index (χ3n) is 8.62.